The molecule has 0 unspecified atom stereocenters. The molecule has 0 aliphatic heterocycles. The Morgan fingerprint density at radius 1 is 1.53 bits per heavy atom. The van der Waals surface area contributed by atoms with Crippen LogP contribution in [0.2, 0.25) is 0 Å². The van der Waals surface area contributed by atoms with Crippen LogP contribution in [0.3, 0.4) is 0 Å². The van der Waals surface area contributed by atoms with Crippen LogP contribution >= 0.6 is 0 Å². The maximum atomic E-state index is 10.9. The zero-order valence-electron chi connectivity index (χ0n) is 11.2. The van der Waals surface area contributed by atoms with Crippen molar-refractivity contribution in [3.63, 3.8) is 0 Å². The molecule has 4 heteroatoms. The maximum absolute atomic E-state index is 10.9. The molecule has 4 nitrogen and oxygen atoms in total. The third-order valence-electron chi connectivity index (χ3n) is 3.45. The molecule has 1 aromatic heterocycles. The van der Waals surface area contributed by atoms with Crippen LogP contribution in [0.1, 0.15) is 49.1 Å². The minimum atomic E-state index is -1.01. The van der Waals surface area contributed by atoms with Gasteiger partial charge in [0, 0.05) is 11.1 Å². The highest BCUT2D eigenvalue weighted by Crippen LogP contribution is 2.22. The lowest BCUT2D eigenvalue weighted by molar-refractivity contribution is 0.0654. The third kappa shape index (κ3) is 3.09. The van der Waals surface area contributed by atoms with Gasteiger partial charge in [-0.1, -0.05) is 6.92 Å². The number of furan rings is 1. The average molecular weight is 239 g/mol. The van der Waals surface area contributed by atoms with E-state index in [1.165, 1.54) is 0 Å². The van der Waals surface area contributed by atoms with Crippen molar-refractivity contribution in [2.75, 3.05) is 7.05 Å². The van der Waals surface area contributed by atoms with E-state index in [0.29, 0.717) is 17.9 Å². The molecule has 0 bridgehead atoms. The van der Waals surface area contributed by atoms with Gasteiger partial charge in [0.1, 0.15) is 5.76 Å². The van der Waals surface area contributed by atoms with Crippen LogP contribution in [-0.4, -0.2) is 28.6 Å². The largest absolute Gasteiger partial charge is 0.475 e. The Morgan fingerprint density at radius 3 is 2.53 bits per heavy atom. The van der Waals surface area contributed by atoms with Crippen LogP contribution in [0.15, 0.2) is 10.5 Å². The Kier molecular flexibility index (Phi) is 3.98. The van der Waals surface area contributed by atoms with Gasteiger partial charge in [-0.15, -0.1) is 0 Å². The molecule has 0 saturated heterocycles. The van der Waals surface area contributed by atoms with Crippen molar-refractivity contribution in [1.29, 1.82) is 0 Å². The van der Waals surface area contributed by atoms with Gasteiger partial charge in [0.05, 0.1) is 6.54 Å². The highest BCUT2D eigenvalue weighted by Gasteiger charge is 2.23. The third-order valence-corrected chi connectivity index (χ3v) is 3.45. The molecule has 0 saturated carbocycles. The molecule has 0 atom stereocenters. The van der Waals surface area contributed by atoms with E-state index < -0.39 is 5.97 Å². The van der Waals surface area contributed by atoms with Crippen molar-refractivity contribution in [2.45, 2.75) is 46.2 Å². The van der Waals surface area contributed by atoms with Crippen LogP contribution in [0.4, 0.5) is 0 Å². The molecule has 0 aliphatic rings. The summed E-state index contributed by atoms with van der Waals surface area (Å²) in [5.41, 5.74) is 0.750. The van der Waals surface area contributed by atoms with Crippen molar-refractivity contribution >= 4 is 5.97 Å². The maximum Gasteiger partial charge on any atom is 0.372 e. The average Bonchev–Trinajstić information content (AvgIpc) is 2.59. The molecule has 1 N–H and O–H groups in total. The highest BCUT2D eigenvalue weighted by molar-refractivity contribution is 5.86. The number of nitrogens with zero attached hydrogens (tertiary/aromatic N) is 1. The fourth-order valence-electron chi connectivity index (χ4n) is 1.56. The zero-order chi connectivity index (χ0) is 13.2. The summed E-state index contributed by atoms with van der Waals surface area (Å²) in [4.78, 5) is 13.0. The normalized spacial score (nSPS) is 12.1. The first kappa shape index (κ1) is 13.8. The number of rotatable bonds is 5. The first-order valence-electron chi connectivity index (χ1n) is 5.81. The monoisotopic (exact) mass is 239 g/mol. The smallest absolute Gasteiger partial charge is 0.372 e. The molecule has 0 radical (unpaired) electrons. The second-order valence-corrected chi connectivity index (χ2v) is 5.05. The minimum absolute atomic E-state index is 0.0442. The van der Waals surface area contributed by atoms with Crippen molar-refractivity contribution in [2.24, 2.45) is 0 Å². The number of hydrogen-bond donors (Lipinski definition) is 1. The number of aryl methyl sites for hydroxylation is 1. The van der Waals surface area contributed by atoms with Gasteiger partial charge in [-0.2, -0.15) is 0 Å². The van der Waals surface area contributed by atoms with Crippen LogP contribution < -0.4 is 0 Å². The van der Waals surface area contributed by atoms with Gasteiger partial charge in [0.25, 0.3) is 0 Å². The molecule has 0 amide bonds. The van der Waals surface area contributed by atoms with Gasteiger partial charge in [0.15, 0.2) is 0 Å². The van der Waals surface area contributed by atoms with Crippen LogP contribution in [-0.2, 0) is 6.54 Å². The number of carbonyl (C=O) groups is 1. The molecule has 17 heavy (non-hydrogen) atoms. The molecule has 0 fully saturated rings. The summed E-state index contributed by atoms with van der Waals surface area (Å²) in [6, 6.07) is 1.80. The fourth-order valence-corrected chi connectivity index (χ4v) is 1.56. The minimum Gasteiger partial charge on any atom is -0.475 e. The van der Waals surface area contributed by atoms with E-state index in [1.54, 1.807) is 13.0 Å². The van der Waals surface area contributed by atoms with Gasteiger partial charge in [0.2, 0.25) is 5.76 Å². The second-order valence-electron chi connectivity index (χ2n) is 5.05. The van der Waals surface area contributed by atoms with E-state index in [2.05, 4.69) is 25.7 Å². The van der Waals surface area contributed by atoms with E-state index in [-0.39, 0.29) is 11.3 Å². The molecule has 1 heterocycles. The predicted octanol–water partition coefficient (Wildman–Crippen LogP) is 2.91. The summed E-state index contributed by atoms with van der Waals surface area (Å²) >= 11 is 0. The van der Waals surface area contributed by atoms with Crippen molar-refractivity contribution in [3.05, 3.63) is 23.2 Å². The Hall–Kier alpha value is -1.29. The van der Waals surface area contributed by atoms with Crippen molar-refractivity contribution < 1.29 is 14.3 Å². The first-order valence-corrected chi connectivity index (χ1v) is 5.81. The lowest BCUT2D eigenvalue weighted by Gasteiger charge is -2.34. The lowest BCUT2D eigenvalue weighted by atomic mass is 10.00. The van der Waals surface area contributed by atoms with Crippen molar-refractivity contribution in [3.8, 4) is 0 Å². The van der Waals surface area contributed by atoms with Crippen LogP contribution in [0.25, 0.3) is 0 Å². The van der Waals surface area contributed by atoms with Gasteiger partial charge < -0.3 is 9.52 Å². The SMILES string of the molecule is CCC(C)(C)N(C)Cc1cc(C)c(C(=O)O)o1. The molecule has 0 aliphatic carbocycles. The fraction of sp³-hybridized carbons (Fsp3) is 0.615. The zero-order valence-corrected chi connectivity index (χ0v) is 11.2. The van der Waals surface area contributed by atoms with E-state index in [0.717, 1.165) is 6.42 Å². The van der Waals surface area contributed by atoms with Gasteiger partial charge in [-0.05, 0) is 40.3 Å². The number of carboxylic acids is 1. The van der Waals surface area contributed by atoms with E-state index in [4.69, 9.17) is 9.52 Å². The molecule has 1 aromatic rings. The molecular formula is C13H21NO3. The summed E-state index contributed by atoms with van der Waals surface area (Å²) < 4.78 is 5.34. The van der Waals surface area contributed by atoms with E-state index >= 15 is 0 Å². The topological polar surface area (TPSA) is 53.7 Å². The van der Waals surface area contributed by atoms with Crippen LogP contribution in [0, 0.1) is 6.92 Å². The summed E-state index contributed by atoms with van der Waals surface area (Å²) in [7, 11) is 2.02. The summed E-state index contributed by atoms with van der Waals surface area (Å²) in [5, 5.41) is 8.91. The summed E-state index contributed by atoms with van der Waals surface area (Å²) in [6.07, 6.45) is 1.02. The first-order chi connectivity index (χ1) is 7.77. The lowest BCUT2D eigenvalue weighted by Crippen LogP contribution is -2.39. The number of carboxylic acid groups (broad SMARTS) is 1. The Bertz CT molecular complexity index is 407. The van der Waals surface area contributed by atoms with E-state index in [1.807, 2.05) is 7.05 Å². The number of aromatic carboxylic acids is 1. The molecule has 0 spiro atoms. The number of hydrogen-bond acceptors (Lipinski definition) is 3. The Balaban J connectivity index is 2.83. The standard InChI is InChI=1S/C13H21NO3/c1-6-13(3,4)14(5)8-10-7-9(2)11(17-10)12(15)16/h7H,6,8H2,1-5H3,(H,15,16). The Morgan fingerprint density at radius 2 is 2.12 bits per heavy atom. The molecule has 1 rings (SSSR count). The van der Waals surface area contributed by atoms with Gasteiger partial charge in [-0.3, -0.25) is 4.90 Å². The van der Waals surface area contributed by atoms with Crippen LogP contribution in [0.5, 0.6) is 0 Å². The van der Waals surface area contributed by atoms with E-state index in [9.17, 15) is 4.79 Å². The highest BCUT2D eigenvalue weighted by atomic mass is 16.4. The summed E-state index contributed by atoms with van der Waals surface area (Å²) in [5.74, 6) is -0.266. The van der Waals surface area contributed by atoms with Gasteiger partial charge >= 0.3 is 5.97 Å². The quantitative estimate of drug-likeness (QED) is 0.858. The predicted molar refractivity (Wildman–Crippen MR) is 66.2 cm³/mol. The second kappa shape index (κ2) is 4.92. The Labute approximate surface area is 102 Å². The van der Waals surface area contributed by atoms with Gasteiger partial charge in [-0.25, -0.2) is 4.79 Å². The molecule has 0 aromatic carbocycles. The van der Waals surface area contributed by atoms with Crippen molar-refractivity contribution in [1.82, 2.24) is 4.90 Å². The summed E-state index contributed by atoms with van der Waals surface area (Å²) in [6.45, 7) is 8.81. The molecule has 96 valence electrons. The molecular weight excluding hydrogens is 218 g/mol.